The average Bonchev–Trinajstić information content (AvgIpc) is 2.43. The number of esters is 1. The molecule has 0 aliphatic heterocycles. The van der Waals surface area contributed by atoms with Gasteiger partial charge in [0.25, 0.3) is 0 Å². The van der Waals surface area contributed by atoms with E-state index in [1.807, 2.05) is 12.1 Å². The van der Waals surface area contributed by atoms with Crippen LogP contribution in [0.1, 0.15) is 5.56 Å². The van der Waals surface area contributed by atoms with Gasteiger partial charge in [0.15, 0.2) is 0 Å². The number of halogens is 1. The molecule has 0 N–H and O–H groups in total. The van der Waals surface area contributed by atoms with Gasteiger partial charge in [-0.05, 0) is 35.9 Å². The van der Waals surface area contributed by atoms with Crippen molar-refractivity contribution < 1.29 is 9.53 Å². The average molecular weight is 294 g/mol. The SMILES string of the molecule is O=C(CSCc1cccnc1)Oc1ccc(Cl)cc1. The lowest BCUT2D eigenvalue weighted by molar-refractivity contribution is -0.131. The van der Waals surface area contributed by atoms with Crippen LogP contribution in [0.4, 0.5) is 0 Å². The summed E-state index contributed by atoms with van der Waals surface area (Å²) in [4.78, 5) is 15.6. The largest absolute Gasteiger partial charge is 0.426 e. The van der Waals surface area contributed by atoms with Crippen molar-refractivity contribution in [3.8, 4) is 5.75 Å². The van der Waals surface area contributed by atoms with Gasteiger partial charge in [-0.2, -0.15) is 0 Å². The van der Waals surface area contributed by atoms with Crippen LogP contribution in [0.15, 0.2) is 48.8 Å². The van der Waals surface area contributed by atoms with E-state index in [-0.39, 0.29) is 5.97 Å². The van der Waals surface area contributed by atoms with Crippen LogP contribution in [-0.4, -0.2) is 16.7 Å². The maximum Gasteiger partial charge on any atom is 0.321 e. The molecular weight excluding hydrogens is 282 g/mol. The Balaban J connectivity index is 1.74. The zero-order valence-corrected chi connectivity index (χ0v) is 11.7. The van der Waals surface area contributed by atoms with Gasteiger partial charge < -0.3 is 4.74 Å². The van der Waals surface area contributed by atoms with Gasteiger partial charge in [0, 0.05) is 23.2 Å². The van der Waals surface area contributed by atoms with Crippen molar-refractivity contribution in [1.29, 1.82) is 0 Å². The molecular formula is C14H12ClNO2S. The van der Waals surface area contributed by atoms with Gasteiger partial charge in [0.1, 0.15) is 5.75 Å². The van der Waals surface area contributed by atoms with Crippen LogP contribution in [0, 0.1) is 0 Å². The fourth-order valence-corrected chi connectivity index (χ4v) is 2.26. The molecule has 0 spiro atoms. The minimum Gasteiger partial charge on any atom is -0.426 e. The van der Waals surface area contributed by atoms with E-state index in [0.717, 1.165) is 11.3 Å². The molecule has 0 unspecified atom stereocenters. The highest BCUT2D eigenvalue weighted by atomic mass is 35.5. The molecule has 0 aliphatic rings. The second-order valence-corrected chi connectivity index (χ2v) is 5.20. The number of benzene rings is 1. The molecule has 0 atom stereocenters. The minimum absolute atomic E-state index is 0.267. The Morgan fingerprint density at radius 2 is 2.05 bits per heavy atom. The van der Waals surface area contributed by atoms with Crippen molar-refractivity contribution in [3.05, 3.63) is 59.4 Å². The summed E-state index contributed by atoms with van der Waals surface area (Å²) >= 11 is 7.25. The van der Waals surface area contributed by atoms with Gasteiger partial charge in [0.05, 0.1) is 5.75 Å². The summed E-state index contributed by atoms with van der Waals surface area (Å²) in [6.45, 7) is 0. The fourth-order valence-electron chi connectivity index (χ4n) is 1.40. The first-order valence-electron chi connectivity index (χ1n) is 5.67. The molecule has 1 aromatic heterocycles. The first-order chi connectivity index (χ1) is 9.24. The quantitative estimate of drug-likeness (QED) is 0.624. The molecule has 2 aromatic rings. The second-order valence-electron chi connectivity index (χ2n) is 3.78. The minimum atomic E-state index is -0.267. The monoisotopic (exact) mass is 293 g/mol. The van der Waals surface area contributed by atoms with Crippen LogP contribution < -0.4 is 4.74 Å². The Hall–Kier alpha value is -1.52. The molecule has 0 saturated carbocycles. The Morgan fingerprint density at radius 3 is 2.74 bits per heavy atom. The number of hydrogen-bond acceptors (Lipinski definition) is 4. The number of carbonyl (C=O) groups is 1. The number of aromatic nitrogens is 1. The summed E-state index contributed by atoms with van der Waals surface area (Å²) in [6.07, 6.45) is 3.51. The molecule has 0 radical (unpaired) electrons. The number of hydrogen-bond donors (Lipinski definition) is 0. The molecule has 0 aliphatic carbocycles. The van der Waals surface area contributed by atoms with Crippen molar-refractivity contribution in [2.45, 2.75) is 5.75 Å². The Labute approximate surface area is 121 Å². The maximum absolute atomic E-state index is 11.6. The highest BCUT2D eigenvalue weighted by Gasteiger charge is 2.05. The van der Waals surface area contributed by atoms with E-state index in [0.29, 0.717) is 16.5 Å². The molecule has 2 rings (SSSR count). The molecule has 1 heterocycles. The zero-order valence-electron chi connectivity index (χ0n) is 10.1. The Bertz CT molecular complexity index is 531. The topological polar surface area (TPSA) is 39.2 Å². The van der Waals surface area contributed by atoms with Crippen LogP contribution in [0.25, 0.3) is 0 Å². The van der Waals surface area contributed by atoms with E-state index < -0.39 is 0 Å². The second kappa shape index (κ2) is 7.16. The standard InChI is InChI=1S/C14H12ClNO2S/c15-12-3-5-13(6-4-12)18-14(17)10-19-9-11-2-1-7-16-8-11/h1-8H,9-10H2. The molecule has 0 fully saturated rings. The smallest absolute Gasteiger partial charge is 0.321 e. The van der Waals surface area contributed by atoms with Crippen molar-refractivity contribution in [1.82, 2.24) is 4.98 Å². The van der Waals surface area contributed by atoms with Gasteiger partial charge >= 0.3 is 5.97 Å². The summed E-state index contributed by atoms with van der Waals surface area (Å²) in [5.74, 6) is 1.29. The van der Waals surface area contributed by atoms with Gasteiger partial charge in [-0.15, -0.1) is 11.8 Å². The van der Waals surface area contributed by atoms with E-state index in [1.54, 1.807) is 36.7 Å². The summed E-state index contributed by atoms with van der Waals surface area (Å²) < 4.78 is 5.17. The molecule has 0 amide bonds. The molecule has 5 heteroatoms. The maximum atomic E-state index is 11.6. The van der Waals surface area contributed by atoms with Crippen LogP contribution in [0.5, 0.6) is 5.75 Å². The van der Waals surface area contributed by atoms with Crippen molar-refractivity contribution in [2.75, 3.05) is 5.75 Å². The number of thioether (sulfide) groups is 1. The normalized spacial score (nSPS) is 10.2. The van der Waals surface area contributed by atoms with Gasteiger partial charge in [0.2, 0.25) is 0 Å². The van der Waals surface area contributed by atoms with Gasteiger partial charge in [-0.25, -0.2) is 0 Å². The van der Waals surface area contributed by atoms with Crippen LogP contribution >= 0.6 is 23.4 Å². The predicted octanol–water partition coefficient (Wildman–Crippen LogP) is 3.57. The summed E-state index contributed by atoms with van der Waals surface area (Å²) in [6, 6.07) is 10.6. The molecule has 19 heavy (non-hydrogen) atoms. The van der Waals surface area contributed by atoms with Gasteiger partial charge in [-0.1, -0.05) is 17.7 Å². The molecule has 1 aromatic carbocycles. The zero-order chi connectivity index (χ0) is 13.5. The lowest BCUT2D eigenvalue weighted by Gasteiger charge is -2.04. The third-order valence-corrected chi connectivity index (χ3v) is 3.49. The van der Waals surface area contributed by atoms with E-state index in [1.165, 1.54) is 11.8 Å². The first-order valence-corrected chi connectivity index (χ1v) is 7.20. The number of pyridine rings is 1. The molecule has 98 valence electrons. The van der Waals surface area contributed by atoms with Crippen molar-refractivity contribution in [3.63, 3.8) is 0 Å². The number of ether oxygens (including phenoxy) is 1. The third-order valence-electron chi connectivity index (χ3n) is 2.26. The Morgan fingerprint density at radius 1 is 1.26 bits per heavy atom. The fraction of sp³-hybridized carbons (Fsp3) is 0.143. The summed E-state index contributed by atoms with van der Waals surface area (Å²) in [5.41, 5.74) is 1.09. The number of rotatable bonds is 5. The molecule has 0 bridgehead atoms. The lowest BCUT2D eigenvalue weighted by atomic mass is 10.3. The molecule has 0 saturated heterocycles. The Kier molecular flexibility index (Phi) is 5.24. The summed E-state index contributed by atoms with van der Waals surface area (Å²) in [7, 11) is 0. The van der Waals surface area contributed by atoms with E-state index in [4.69, 9.17) is 16.3 Å². The highest BCUT2D eigenvalue weighted by molar-refractivity contribution is 7.99. The van der Waals surface area contributed by atoms with Gasteiger partial charge in [-0.3, -0.25) is 9.78 Å². The van der Waals surface area contributed by atoms with E-state index >= 15 is 0 Å². The van der Waals surface area contributed by atoms with E-state index in [2.05, 4.69) is 4.98 Å². The highest BCUT2D eigenvalue weighted by Crippen LogP contribution is 2.17. The lowest BCUT2D eigenvalue weighted by Crippen LogP contribution is -2.10. The van der Waals surface area contributed by atoms with Crippen molar-refractivity contribution >= 4 is 29.3 Å². The van der Waals surface area contributed by atoms with Crippen LogP contribution in [0.2, 0.25) is 5.02 Å². The first kappa shape index (κ1) is 13.9. The molecule has 3 nitrogen and oxygen atoms in total. The summed E-state index contributed by atoms with van der Waals surface area (Å²) in [5, 5.41) is 0.616. The van der Waals surface area contributed by atoms with Crippen LogP contribution in [0.3, 0.4) is 0 Å². The van der Waals surface area contributed by atoms with E-state index in [9.17, 15) is 4.79 Å². The third kappa shape index (κ3) is 4.93. The van der Waals surface area contributed by atoms with Crippen LogP contribution in [-0.2, 0) is 10.5 Å². The van der Waals surface area contributed by atoms with Crippen molar-refractivity contribution in [2.24, 2.45) is 0 Å². The number of carbonyl (C=O) groups excluding carboxylic acids is 1. The number of nitrogens with zero attached hydrogens (tertiary/aromatic N) is 1. The predicted molar refractivity (Wildman–Crippen MR) is 77.5 cm³/mol.